The fourth-order valence-electron chi connectivity index (χ4n) is 2.25. The second kappa shape index (κ2) is 5.79. The molecule has 3 rings (SSSR count). The van der Waals surface area contributed by atoms with Crippen molar-refractivity contribution in [3.8, 4) is 11.4 Å². The van der Waals surface area contributed by atoms with Gasteiger partial charge in [0.25, 0.3) is 10.0 Å². The first-order chi connectivity index (χ1) is 11.3. The lowest BCUT2D eigenvalue weighted by molar-refractivity contribution is -0.137. The van der Waals surface area contributed by atoms with Gasteiger partial charge in [0.15, 0.2) is 5.82 Å². The number of halogens is 3. The van der Waals surface area contributed by atoms with Gasteiger partial charge in [-0.25, -0.2) is 17.4 Å². The van der Waals surface area contributed by atoms with Gasteiger partial charge in [0, 0.05) is 5.56 Å². The summed E-state index contributed by atoms with van der Waals surface area (Å²) in [5, 5.41) is 0. The Morgan fingerprint density at radius 1 is 0.958 bits per heavy atom. The highest BCUT2D eigenvalue weighted by Crippen LogP contribution is 2.36. The molecular formula is C16H10F3N2O2S. The van der Waals surface area contributed by atoms with Crippen molar-refractivity contribution in [2.75, 3.05) is 0 Å². The van der Waals surface area contributed by atoms with Crippen LogP contribution in [0, 0.1) is 6.20 Å². The van der Waals surface area contributed by atoms with E-state index in [1.165, 1.54) is 42.5 Å². The minimum Gasteiger partial charge on any atom is -0.226 e. The van der Waals surface area contributed by atoms with Gasteiger partial charge >= 0.3 is 6.18 Å². The molecule has 0 unspecified atom stereocenters. The Balaban J connectivity index is 2.21. The van der Waals surface area contributed by atoms with E-state index in [9.17, 15) is 21.6 Å². The number of hydrogen-bond donors (Lipinski definition) is 0. The highest BCUT2D eigenvalue weighted by Gasteiger charge is 2.35. The summed E-state index contributed by atoms with van der Waals surface area (Å²) in [6.07, 6.45) is -1.31. The van der Waals surface area contributed by atoms with Crippen LogP contribution in [-0.4, -0.2) is 17.4 Å². The lowest BCUT2D eigenvalue weighted by atomic mass is 10.1. The van der Waals surface area contributed by atoms with Gasteiger partial charge in [-0.15, -0.1) is 0 Å². The van der Waals surface area contributed by atoms with E-state index in [1.807, 2.05) is 0 Å². The normalized spacial score (nSPS) is 12.3. The summed E-state index contributed by atoms with van der Waals surface area (Å²) in [4.78, 5) is 3.66. The molecule has 0 amide bonds. The minimum atomic E-state index is -4.64. The maximum Gasteiger partial charge on any atom is 0.417 e. The van der Waals surface area contributed by atoms with E-state index in [0.29, 0.717) is 3.97 Å². The van der Waals surface area contributed by atoms with E-state index in [-0.39, 0.29) is 16.3 Å². The molecule has 1 aromatic heterocycles. The summed E-state index contributed by atoms with van der Waals surface area (Å²) < 4.78 is 65.6. The number of alkyl halides is 3. The van der Waals surface area contributed by atoms with Crippen LogP contribution in [0.4, 0.5) is 13.2 Å². The molecule has 2 aromatic carbocycles. The Morgan fingerprint density at radius 2 is 1.58 bits per heavy atom. The molecule has 0 fully saturated rings. The second-order valence-corrected chi connectivity index (χ2v) is 6.67. The molecule has 0 aliphatic rings. The van der Waals surface area contributed by atoms with Crippen LogP contribution in [0.2, 0.25) is 0 Å². The van der Waals surface area contributed by atoms with Crippen molar-refractivity contribution in [1.29, 1.82) is 0 Å². The van der Waals surface area contributed by atoms with Crippen LogP contribution in [0.3, 0.4) is 0 Å². The predicted octanol–water partition coefficient (Wildman–Crippen LogP) is 3.61. The van der Waals surface area contributed by atoms with E-state index in [2.05, 4.69) is 11.2 Å². The summed E-state index contributed by atoms with van der Waals surface area (Å²) in [6, 6.07) is 12.1. The van der Waals surface area contributed by atoms with Crippen molar-refractivity contribution in [3.05, 3.63) is 72.6 Å². The molecule has 3 aromatic rings. The lowest BCUT2D eigenvalue weighted by Gasteiger charge is -2.14. The molecule has 1 heterocycles. The Bertz CT molecular complexity index is 964. The Hall–Kier alpha value is -2.61. The predicted molar refractivity (Wildman–Crippen MR) is 80.5 cm³/mol. The molecule has 24 heavy (non-hydrogen) atoms. The highest BCUT2D eigenvalue weighted by molar-refractivity contribution is 7.90. The van der Waals surface area contributed by atoms with E-state index in [1.54, 1.807) is 6.07 Å². The summed E-state index contributed by atoms with van der Waals surface area (Å²) >= 11 is 0. The van der Waals surface area contributed by atoms with Crippen LogP contribution >= 0.6 is 0 Å². The SMILES string of the molecule is O=S(=O)(c1ccccc1)n1c[c]nc1-c1ccccc1C(F)(F)F. The van der Waals surface area contributed by atoms with Crippen molar-refractivity contribution in [2.24, 2.45) is 0 Å². The molecule has 0 saturated carbocycles. The van der Waals surface area contributed by atoms with E-state index in [0.717, 1.165) is 12.3 Å². The number of aromatic nitrogens is 2. The van der Waals surface area contributed by atoms with E-state index >= 15 is 0 Å². The molecular weight excluding hydrogens is 341 g/mol. The third kappa shape index (κ3) is 2.80. The Labute approximate surface area is 136 Å². The molecule has 0 aliphatic heterocycles. The largest absolute Gasteiger partial charge is 0.417 e. The summed E-state index contributed by atoms with van der Waals surface area (Å²) in [6.45, 7) is 0. The molecule has 1 radical (unpaired) electrons. The molecule has 0 spiro atoms. The number of rotatable bonds is 3. The third-order valence-corrected chi connectivity index (χ3v) is 4.99. The van der Waals surface area contributed by atoms with Crippen LogP contribution in [0.1, 0.15) is 5.56 Å². The average molecular weight is 351 g/mol. The molecule has 0 bridgehead atoms. The standard InChI is InChI=1S/C16H10F3N2O2S/c17-16(18,19)14-9-5-4-8-13(14)15-20-10-11-21(15)24(22,23)12-6-2-1-3-7-12/h1-9,11H. The molecule has 0 atom stereocenters. The maximum absolute atomic E-state index is 13.2. The van der Waals surface area contributed by atoms with Crippen LogP contribution in [-0.2, 0) is 16.2 Å². The summed E-state index contributed by atoms with van der Waals surface area (Å²) in [7, 11) is -4.08. The Morgan fingerprint density at radius 3 is 2.25 bits per heavy atom. The van der Waals surface area contributed by atoms with Crippen molar-refractivity contribution in [2.45, 2.75) is 11.1 Å². The average Bonchev–Trinajstić information content (AvgIpc) is 3.05. The van der Waals surface area contributed by atoms with Gasteiger partial charge in [-0.1, -0.05) is 36.4 Å². The number of benzene rings is 2. The molecule has 123 valence electrons. The fraction of sp³-hybridized carbons (Fsp3) is 0.0625. The van der Waals surface area contributed by atoms with Crippen LogP contribution in [0.25, 0.3) is 11.4 Å². The van der Waals surface area contributed by atoms with Crippen LogP contribution < -0.4 is 0 Å². The molecule has 0 saturated heterocycles. The third-order valence-electron chi connectivity index (χ3n) is 3.33. The van der Waals surface area contributed by atoms with Crippen molar-refractivity contribution in [1.82, 2.24) is 8.96 Å². The second-order valence-electron chi connectivity index (χ2n) is 4.85. The van der Waals surface area contributed by atoms with Crippen molar-refractivity contribution in [3.63, 3.8) is 0 Å². The van der Waals surface area contributed by atoms with Gasteiger partial charge in [0.05, 0.1) is 16.7 Å². The van der Waals surface area contributed by atoms with Crippen molar-refractivity contribution >= 4 is 10.0 Å². The molecule has 0 N–H and O–H groups in total. The molecule has 4 nitrogen and oxygen atoms in total. The van der Waals surface area contributed by atoms with E-state index < -0.39 is 21.8 Å². The molecule has 8 heteroatoms. The van der Waals surface area contributed by atoms with Gasteiger partial charge in [-0.3, -0.25) is 0 Å². The maximum atomic E-state index is 13.2. The van der Waals surface area contributed by atoms with Crippen LogP contribution in [0.5, 0.6) is 0 Å². The summed E-state index contributed by atoms with van der Waals surface area (Å²) in [5.41, 5.74) is -1.29. The van der Waals surface area contributed by atoms with Crippen LogP contribution in [0.15, 0.2) is 65.7 Å². The van der Waals surface area contributed by atoms with Gasteiger partial charge in [-0.05, 0) is 18.2 Å². The zero-order chi connectivity index (χ0) is 17.4. The lowest BCUT2D eigenvalue weighted by Crippen LogP contribution is -2.15. The number of hydrogen-bond acceptors (Lipinski definition) is 3. The summed E-state index contributed by atoms with van der Waals surface area (Å²) in [5.74, 6) is -0.341. The highest BCUT2D eigenvalue weighted by atomic mass is 32.2. The molecule has 0 aliphatic carbocycles. The first-order valence-corrected chi connectivity index (χ1v) is 8.18. The zero-order valence-electron chi connectivity index (χ0n) is 12.0. The van der Waals surface area contributed by atoms with Gasteiger partial charge in [0.1, 0.15) is 6.20 Å². The first-order valence-electron chi connectivity index (χ1n) is 6.74. The van der Waals surface area contributed by atoms with E-state index in [4.69, 9.17) is 0 Å². The zero-order valence-corrected chi connectivity index (χ0v) is 12.8. The quantitative estimate of drug-likeness (QED) is 0.724. The smallest absolute Gasteiger partial charge is 0.226 e. The van der Waals surface area contributed by atoms with Crippen molar-refractivity contribution < 1.29 is 21.6 Å². The minimum absolute atomic E-state index is 0.0536. The Kier molecular flexibility index (Phi) is 3.92. The number of nitrogens with zero attached hydrogens (tertiary/aromatic N) is 2. The topological polar surface area (TPSA) is 52.0 Å². The monoisotopic (exact) mass is 351 g/mol. The fourth-order valence-corrected chi connectivity index (χ4v) is 3.53. The van der Waals surface area contributed by atoms with Gasteiger partial charge in [0.2, 0.25) is 0 Å². The number of imidazole rings is 1. The van der Waals surface area contributed by atoms with Gasteiger partial charge < -0.3 is 0 Å². The van der Waals surface area contributed by atoms with Gasteiger partial charge in [-0.2, -0.15) is 13.2 Å². The first kappa shape index (κ1) is 16.3.